The average molecular weight is 1130 g/mol. The number of hydrogen-bond acceptors (Lipinski definition) is 0. The lowest BCUT2D eigenvalue weighted by atomic mass is 9.81. The standard InChI is InChI=1S/C90H50/c1-9-59-35-27-43-77(73(59)13-5)65-47-49-81(79-45-29-37-61(11-3)75(79)15-7)87(57-65)69-51-67(63-31-19-17-20-32-63)53-71(55-69)89-83-39-23-25-41-85(83)90(86-42-26-24-40-84(86)89)72-54-68(64-33-21-18-22-34-64)52-70(56-72)88-58-66(78-44-28-36-60(10-2)74(78)14-6)48-50-82(88)80-46-30-38-62(12-4)76(80)16-8/h1-8,17-58H. The van der Waals surface area contributed by atoms with Crippen molar-refractivity contribution in [3.05, 3.63) is 299 Å². The fourth-order valence-electron chi connectivity index (χ4n) is 12.8. The maximum absolute atomic E-state index is 6.37. The second kappa shape index (κ2) is 24.1. The molecule has 0 amide bonds. The van der Waals surface area contributed by atoms with Crippen LogP contribution in [0.15, 0.2) is 255 Å². The van der Waals surface area contributed by atoms with E-state index in [0.29, 0.717) is 44.5 Å². The number of fused-ring (bicyclic) bond motifs is 2. The summed E-state index contributed by atoms with van der Waals surface area (Å²) in [6, 6.07) is 88.4. The van der Waals surface area contributed by atoms with E-state index in [0.717, 1.165) is 133 Å². The molecule has 0 spiro atoms. The maximum atomic E-state index is 6.37. The Labute approximate surface area is 527 Å². The molecule has 0 unspecified atom stereocenters. The molecule has 90 heavy (non-hydrogen) atoms. The van der Waals surface area contributed by atoms with Gasteiger partial charge in [0.15, 0.2) is 0 Å². The van der Waals surface area contributed by atoms with E-state index in [1.165, 1.54) is 0 Å². The van der Waals surface area contributed by atoms with Crippen LogP contribution in [0.25, 0.3) is 133 Å². The first-order chi connectivity index (χ1) is 44.3. The Hall–Kier alpha value is -13.1. The van der Waals surface area contributed by atoms with Gasteiger partial charge in [0.25, 0.3) is 0 Å². The quantitative estimate of drug-likeness (QED) is 0.0946. The highest BCUT2D eigenvalue weighted by Gasteiger charge is 2.24. The topological polar surface area (TPSA) is 0 Å². The minimum absolute atomic E-state index is 0.631. The minimum atomic E-state index is 0.631. The van der Waals surface area contributed by atoms with Gasteiger partial charge in [-0.15, -0.1) is 51.4 Å². The molecule has 0 aliphatic rings. The van der Waals surface area contributed by atoms with Gasteiger partial charge in [-0.3, -0.25) is 0 Å². The summed E-state index contributed by atoms with van der Waals surface area (Å²) in [4.78, 5) is 0. The molecule has 0 saturated carbocycles. The molecular weight excluding hydrogens is 1080 g/mol. The summed E-state index contributed by atoms with van der Waals surface area (Å²) in [5, 5.41) is 4.25. The molecule has 410 valence electrons. The van der Waals surface area contributed by atoms with Crippen molar-refractivity contribution in [2.45, 2.75) is 0 Å². The fraction of sp³-hybridized carbons (Fsp3) is 0. The van der Waals surface area contributed by atoms with Crippen molar-refractivity contribution in [3.8, 4) is 210 Å². The Bertz CT molecular complexity index is 5090. The van der Waals surface area contributed by atoms with Gasteiger partial charge in [-0.2, -0.15) is 0 Å². The van der Waals surface area contributed by atoms with Crippen LogP contribution in [0.1, 0.15) is 44.5 Å². The molecule has 0 aromatic heterocycles. The Morgan fingerprint density at radius 2 is 0.456 bits per heavy atom. The molecule has 0 nitrogen and oxygen atoms in total. The van der Waals surface area contributed by atoms with E-state index >= 15 is 0 Å². The molecule has 0 bridgehead atoms. The van der Waals surface area contributed by atoms with Crippen LogP contribution in [0.3, 0.4) is 0 Å². The SMILES string of the molecule is C#Cc1cccc(-c2ccc(-c3cccc(C#C)c3C#C)c(-c3cc(-c4ccccc4)cc(-c4c5ccccc5c(-c5cc(-c6ccccc6)cc(-c6cc(-c7cccc(C#C)c7C#C)ccc6-c6cccc(C#C)c6C#C)c5)c5ccccc45)c3)c2)c1C#C. The van der Waals surface area contributed by atoms with Gasteiger partial charge in [-0.05, 0) is 206 Å². The van der Waals surface area contributed by atoms with Crippen molar-refractivity contribution >= 4 is 21.5 Å². The summed E-state index contributed by atoms with van der Waals surface area (Å²) in [7, 11) is 0. The van der Waals surface area contributed by atoms with E-state index in [-0.39, 0.29) is 0 Å². The zero-order chi connectivity index (χ0) is 61.8. The van der Waals surface area contributed by atoms with E-state index in [1.807, 2.05) is 84.9 Å². The summed E-state index contributed by atoms with van der Waals surface area (Å²) < 4.78 is 0. The summed E-state index contributed by atoms with van der Waals surface area (Å²) in [6.07, 6.45) is 49.7. The second-order valence-electron chi connectivity index (χ2n) is 21.8. The highest BCUT2D eigenvalue weighted by atomic mass is 14.3. The number of benzene rings is 13. The van der Waals surface area contributed by atoms with Crippen LogP contribution in [0.4, 0.5) is 0 Å². The molecule has 0 radical (unpaired) electrons. The normalized spacial score (nSPS) is 10.6. The van der Waals surface area contributed by atoms with Crippen molar-refractivity contribution in [2.24, 2.45) is 0 Å². The lowest BCUT2D eigenvalue weighted by Gasteiger charge is -2.22. The van der Waals surface area contributed by atoms with Crippen molar-refractivity contribution < 1.29 is 0 Å². The Kier molecular flexibility index (Phi) is 15.0. The van der Waals surface area contributed by atoms with Crippen LogP contribution in [-0.2, 0) is 0 Å². The summed E-state index contributed by atoms with van der Waals surface area (Å²) >= 11 is 0. The predicted octanol–water partition coefficient (Wildman–Crippen LogP) is 20.5. The Balaban J connectivity index is 1.11. The van der Waals surface area contributed by atoms with Gasteiger partial charge in [0.1, 0.15) is 0 Å². The summed E-state index contributed by atoms with van der Waals surface area (Å²) in [6.45, 7) is 0. The molecule has 0 N–H and O–H groups in total. The number of terminal acetylenes is 8. The first-order valence-electron chi connectivity index (χ1n) is 29.2. The molecule has 0 fully saturated rings. The zero-order valence-electron chi connectivity index (χ0n) is 48.9. The van der Waals surface area contributed by atoms with Crippen LogP contribution in [0, 0.1) is 98.8 Å². The van der Waals surface area contributed by atoms with Gasteiger partial charge in [0.2, 0.25) is 0 Å². The van der Waals surface area contributed by atoms with Crippen LogP contribution in [0.5, 0.6) is 0 Å². The van der Waals surface area contributed by atoms with Crippen LogP contribution >= 0.6 is 0 Å². The van der Waals surface area contributed by atoms with E-state index in [9.17, 15) is 0 Å². The van der Waals surface area contributed by atoms with Gasteiger partial charge in [-0.1, -0.05) is 229 Å². The molecule has 13 rings (SSSR count). The third-order valence-electron chi connectivity index (χ3n) is 16.9. The van der Waals surface area contributed by atoms with Gasteiger partial charge in [0.05, 0.1) is 0 Å². The number of rotatable bonds is 10. The van der Waals surface area contributed by atoms with Crippen molar-refractivity contribution in [1.82, 2.24) is 0 Å². The van der Waals surface area contributed by atoms with Crippen molar-refractivity contribution in [1.29, 1.82) is 0 Å². The molecule has 13 aromatic carbocycles. The zero-order valence-corrected chi connectivity index (χ0v) is 48.9. The Morgan fingerprint density at radius 3 is 0.778 bits per heavy atom. The molecule has 13 aromatic rings. The van der Waals surface area contributed by atoms with Crippen LogP contribution in [-0.4, -0.2) is 0 Å². The van der Waals surface area contributed by atoms with Gasteiger partial charge < -0.3 is 0 Å². The van der Waals surface area contributed by atoms with E-state index < -0.39 is 0 Å². The smallest absolute Gasteiger partial charge is 0.0477 e. The largest absolute Gasteiger partial charge is 0.115 e. The molecular formula is C90H50. The first-order valence-corrected chi connectivity index (χ1v) is 29.2. The first kappa shape index (κ1) is 56.0. The van der Waals surface area contributed by atoms with Gasteiger partial charge in [-0.25, -0.2) is 0 Å². The van der Waals surface area contributed by atoms with Crippen molar-refractivity contribution in [2.75, 3.05) is 0 Å². The lowest BCUT2D eigenvalue weighted by Crippen LogP contribution is -1.96. The molecule has 0 saturated heterocycles. The van der Waals surface area contributed by atoms with E-state index in [1.54, 1.807) is 0 Å². The van der Waals surface area contributed by atoms with Crippen LogP contribution in [0.2, 0.25) is 0 Å². The number of hydrogen-bond donors (Lipinski definition) is 0. The summed E-state index contributed by atoms with van der Waals surface area (Å²) in [5.41, 5.74) is 24.1. The molecule has 0 aliphatic carbocycles. The predicted molar refractivity (Wildman–Crippen MR) is 379 cm³/mol. The minimum Gasteiger partial charge on any atom is -0.115 e. The third kappa shape index (κ3) is 9.92. The highest BCUT2D eigenvalue weighted by molar-refractivity contribution is 6.22. The highest BCUT2D eigenvalue weighted by Crippen LogP contribution is 2.49. The van der Waals surface area contributed by atoms with E-state index in [2.05, 4.69) is 217 Å². The average Bonchev–Trinajstić information content (AvgIpc) is 0.815. The lowest BCUT2D eigenvalue weighted by molar-refractivity contribution is 1.51. The molecule has 0 atom stereocenters. The van der Waals surface area contributed by atoms with Crippen molar-refractivity contribution in [3.63, 3.8) is 0 Å². The molecule has 0 heterocycles. The monoisotopic (exact) mass is 1130 g/mol. The third-order valence-corrected chi connectivity index (χ3v) is 16.9. The maximum Gasteiger partial charge on any atom is 0.0477 e. The fourth-order valence-corrected chi connectivity index (χ4v) is 12.8. The molecule has 0 heteroatoms. The molecule has 0 aliphatic heterocycles. The summed E-state index contributed by atoms with van der Waals surface area (Å²) in [5.74, 6) is 23.0. The van der Waals surface area contributed by atoms with Gasteiger partial charge in [0, 0.05) is 44.5 Å². The van der Waals surface area contributed by atoms with Gasteiger partial charge >= 0.3 is 0 Å². The van der Waals surface area contributed by atoms with E-state index in [4.69, 9.17) is 51.4 Å². The Morgan fingerprint density at radius 1 is 0.167 bits per heavy atom. The van der Waals surface area contributed by atoms with Crippen LogP contribution < -0.4 is 0 Å². The second-order valence-corrected chi connectivity index (χ2v) is 21.8.